The van der Waals surface area contributed by atoms with Gasteiger partial charge in [0.15, 0.2) is 0 Å². The van der Waals surface area contributed by atoms with Crippen LogP contribution in [0.5, 0.6) is 0 Å². The second kappa shape index (κ2) is 8.17. The van der Waals surface area contributed by atoms with Gasteiger partial charge in [-0.15, -0.1) is 11.3 Å². The molecule has 5 nitrogen and oxygen atoms in total. The lowest BCUT2D eigenvalue weighted by Gasteiger charge is -2.18. The summed E-state index contributed by atoms with van der Waals surface area (Å²) in [7, 11) is -4.18. The van der Waals surface area contributed by atoms with Gasteiger partial charge in [0.1, 0.15) is 16.5 Å². The molecule has 0 spiro atoms. The van der Waals surface area contributed by atoms with Crippen molar-refractivity contribution < 1.29 is 17.2 Å². The fourth-order valence-corrected chi connectivity index (χ4v) is 5.70. The molecule has 0 aliphatic carbocycles. The molecule has 0 bridgehead atoms. The van der Waals surface area contributed by atoms with Gasteiger partial charge in [-0.05, 0) is 18.1 Å². The van der Waals surface area contributed by atoms with Gasteiger partial charge in [-0.3, -0.25) is 4.90 Å². The van der Waals surface area contributed by atoms with Crippen molar-refractivity contribution in [3.8, 4) is 0 Å². The standard InChI is InChI=1S/C20H19F2N3O2S2/c21-16-11-19(29(26,27)20-23-7-9-28-20)17(22)10-18(16)24-15-6-8-25(13-15)12-14-4-2-1-3-5-14/h1-5,7,9-11,15,24H,6,8,12-13H2/t15-/m0/s1. The molecule has 1 aliphatic heterocycles. The summed E-state index contributed by atoms with van der Waals surface area (Å²) in [4.78, 5) is 5.24. The summed E-state index contributed by atoms with van der Waals surface area (Å²) in [5.74, 6) is -1.80. The molecule has 152 valence electrons. The van der Waals surface area contributed by atoms with Crippen molar-refractivity contribution >= 4 is 26.9 Å². The Morgan fingerprint density at radius 3 is 2.69 bits per heavy atom. The Balaban J connectivity index is 1.47. The third kappa shape index (κ3) is 4.31. The van der Waals surface area contributed by atoms with Gasteiger partial charge in [-0.25, -0.2) is 22.2 Å². The zero-order valence-electron chi connectivity index (χ0n) is 15.4. The van der Waals surface area contributed by atoms with Gasteiger partial charge >= 0.3 is 0 Å². The smallest absolute Gasteiger partial charge is 0.236 e. The van der Waals surface area contributed by atoms with Gasteiger partial charge in [0.25, 0.3) is 0 Å². The molecule has 0 amide bonds. The SMILES string of the molecule is O=S(=O)(c1nccs1)c1cc(F)c(N[C@H]2CCN(Cc3ccccc3)C2)cc1F. The van der Waals surface area contributed by atoms with Crippen LogP contribution in [0.3, 0.4) is 0 Å². The Morgan fingerprint density at radius 1 is 1.17 bits per heavy atom. The highest BCUT2D eigenvalue weighted by molar-refractivity contribution is 7.93. The molecule has 3 aromatic rings. The number of nitrogens with one attached hydrogen (secondary N) is 1. The molecule has 2 heterocycles. The number of halogens is 2. The normalized spacial score (nSPS) is 17.5. The van der Waals surface area contributed by atoms with Gasteiger partial charge in [0.05, 0.1) is 5.69 Å². The van der Waals surface area contributed by atoms with Gasteiger partial charge in [-0.2, -0.15) is 0 Å². The molecule has 0 unspecified atom stereocenters. The zero-order valence-corrected chi connectivity index (χ0v) is 17.0. The fraction of sp³-hybridized carbons (Fsp3) is 0.250. The number of rotatable bonds is 6. The molecule has 0 saturated carbocycles. The van der Waals surface area contributed by atoms with Crippen LogP contribution in [-0.4, -0.2) is 37.4 Å². The Bertz CT molecular complexity index is 1090. The maximum absolute atomic E-state index is 14.6. The lowest BCUT2D eigenvalue weighted by Crippen LogP contribution is -2.26. The highest BCUT2D eigenvalue weighted by Gasteiger charge is 2.28. The van der Waals surface area contributed by atoms with E-state index in [9.17, 15) is 17.2 Å². The first-order valence-electron chi connectivity index (χ1n) is 9.10. The lowest BCUT2D eigenvalue weighted by molar-refractivity contribution is 0.328. The maximum Gasteiger partial charge on any atom is 0.236 e. The third-order valence-corrected chi connectivity index (χ3v) is 7.80. The van der Waals surface area contributed by atoms with Crippen molar-refractivity contribution in [1.82, 2.24) is 9.88 Å². The Kier molecular flexibility index (Phi) is 5.62. The van der Waals surface area contributed by atoms with Crippen molar-refractivity contribution in [3.05, 3.63) is 71.2 Å². The van der Waals surface area contributed by atoms with Crippen molar-refractivity contribution in [2.24, 2.45) is 0 Å². The summed E-state index contributed by atoms with van der Waals surface area (Å²) >= 11 is 0.861. The molecule has 9 heteroatoms. The van der Waals surface area contributed by atoms with Gasteiger partial charge in [0.2, 0.25) is 14.2 Å². The fourth-order valence-electron chi connectivity index (χ4n) is 3.44. The highest BCUT2D eigenvalue weighted by Crippen LogP contribution is 2.29. The second-order valence-corrected chi connectivity index (χ2v) is 9.90. The monoisotopic (exact) mass is 435 g/mol. The van der Waals surface area contributed by atoms with Crippen LogP contribution < -0.4 is 5.32 Å². The van der Waals surface area contributed by atoms with E-state index in [0.717, 1.165) is 43.0 Å². The quantitative estimate of drug-likeness (QED) is 0.636. The number of aromatic nitrogens is 1. The topological polar surface area (TPSA) is 62.3 Å². The number of sulfone groups is 1. The minimum absolute atomic E-state index is 0.0350. The van der Waals surface area contributed by atoms with Crippen molar-refractivity contribution in [2.45, 2.75) is 28.2 Å². The summed E-state index contributed by atoms with van der Waals surface area (Å²) in [5.41, 5.74) is 1.16. The highest BCUT2D eigenvalue weighted by atomic mass is 32.2. The number of hydrogen-bond donors (Lipinski definition) is 1. The summed E-state index contributed by atoms with van der Waals surface area (Å²) in [5, 5.41) is 4.49. The Morgan fingerprint density at radius 2 is 1.97 bits per heavy atom. The molecule has 29 heavy (non-hydrogen) atoms. The van der Waals surface area contributed by atoms with Crippen molar-refractivity contribution in [3.63, 3.8) is 0 Å². The molecular weight excluding hydrogens is 416 g/mol. The number of anilines is 1. The minimum Gasteiger partial charge on any atom is -0.379 e. The second-order valence-electron chi connectivity index (χ2n) is 6.91. The first-order chi connectivity index (χ1) is 13.9. The maximum atomic E-state index is 14.6. The summed E-state index contributed by atoms with van der Waals surface area (Å²) < 4.78 is 53.8. The summed E-state index contributed by atoms with van der Waals surface area (Å²) in [6.45, 7) is 2.32. The van der Waals surface area contributed by atoms with Crippen LogP contribution in [0.15, 0.2) is 63.3 Å². The molecule has 1 aliphatic rings. The van der Waals surface area contributed by atoms with Crippen LogP contribution in [0.25, 0.3) is 0 Å². The van der Waals surface area contributed by atoms with E-state index in [1.165, 1.54) is 17.1 Å². The number of thiazole rings is 1. The van der Waals surface area contributed by atoms with Crippen LogP contribution in [0, 0.1) is 11.6 Å². The summed E-state index contributed by atoms with van der Waals surface area (Å²) in [6, 6.07) is 11.6. The molecule has 1 atom stereocenters. The largest absolute Gasteiger partial charge is 0.379 e. The van der Waals surface area contributed by atoms with E-state index in [-0.39, 0.29) is 16.1 Å². The first-order valence-corrected chi connectivity index (χ1v) is 11.5. The van der Waals surface area contributed by atoms with E-state index in [2.05, 4.69) is 27.3 Å². The van der Waals surface area contributed by atoms with Crippen molar-refractivity contribution in [1.29, 1.82) is 0 Å². The molecule has 1 aromatic heterocycles. The average Bonchev–Trinajstić information content (AvgIpc) is 3.38. The predicted molar refractivity (Wildman–Crippen MR) is 108 cm³/mol. The molecule has 1 saturated heterocycles. The van der Waals surface area contributed by atoms with Crippen molar-refractivity contribution in [2.75, 3.05) is 18.4 Å². The molecule has 2 aromatic carbocycles. The predicted octanol–water partition coefficient (Wildman–Crippen LogP) is 3.94. The zero-order chi connectivity index (χ0) is 20.4. The molecule has 0 radical (unpaired) electrons. The van der Waals surface area contributed by atoms with E-state index >= 15 is 0 Å². The number of likely N-dealkylation sites (tertiary alicyclic amines) is 1. The molecule has 1 N–H and O–H groups in total. The van der Waals surface area contributed by atoms with Crippen LogP contribution in [0.1, 0.15) is 12.0 Å². The lowest BCUT2D eigenvalue weighted by atomic mass is 10.2. The minimum atomic E-state index is -4.18. The van der Waals surface area contributed by atoms with E-state index < -0.39 is 26.4 Å². The van der Waals surface area contributed by atoms with E-state index in [1.807, 2.05) is 18.2 Å². The Hall–Kier alpha value is -2.36. The molecule has 4 rings (SSSR count). The number of nitrogens with zero attached hydrogens (tertiary/aromatic N) is 2. The van der Waals surface area contributed by atoms with E-state index in [0.29, 0.717) is 6.54 Å². The average molecular weight is 436 g/mol. The van der Waals surface area contributed by atoms with Crippen LogP contribution in [-0.2, 0) is 16.4 Å². The van der Waals surface area contributed by atoms with E-state index in [4.69, 9.17) is 0 Å². The van der Waals surface area contributed by atoms with Crippen LogP contribution >= 0.6 is 11.3 Å². The van der Waals surface area contributed by atoms with Gasteiger partial charge in [0, 0.05) is 43.3 Å². The third-order valence-electron chi connectivity index (χ3n) is 4.83. The van der Waals surface area contributed by atoms with E-state index in [1.54, 1.807) is 0 Å². The number of benzene rings is 2. The molecule has 1 fully saturated rings. The van der Waals surface area contributed by atoms with Gasteiger partial charge < -0.3 is 5.32 Å². The Labute approximate surface area is 171 Å². The number of hydrogen-bond acceptors (Lipinski definition) is 6. The summed E-state index contributed by atoms with van der Waals surface area (Å²) in [6.07, 6.45) is 2.09. The van der Waals surface area contributed by atoms with Crippen LogP contribution in [0.2, 0.25) is 0 Å². The first kappa shape index (κ1) is 19.9. The van der Waals surface area contributed by atoms with Crippen LogP contribution in [0.4, 0.5) is 14.5 Å². The van der Waals surface area contributed by atoms with Gasteiger partial charge in [-0.1, -0.05) is 30.3 Å². The molecular formula is C20H19F2N3O2S2.